The van der Waals surface area contributed by atoms with Crippen molar-refractivity contribution in [3.63, 3.8) is 0 Å². The predicted molar refractivity (Wildman–Crippen MR) is 119 cm³/mol. The Balaban J connectivity index is 2.10. The molecule has 12 heteroatoms. The van der Waals surface area contributed by atoms with Crippen molar-refractivity contribution in [2.45, 2.75) is 44.4 Å². The number of ether oxygens (including phenoxy) is 2. The zero-order chi connectivity index (χ0) is 25.1. The largest absolute Gasteiger partial charge is 0.497 e. The van der Waals surface area contributed by atoms with E-state index in [9.17, 15) is 27.6 Å². The summed E-state index contributed by atoms with van der Waals surface area (Å²) in [6.07, 6.45) is -2.75. The minimum absolute atomic E-state index is 0.115. The SMILES string of the molecule is CCOC(=O)[C@](NC(=O)c1ccc(OC)cc1)(Nc1sc2c(c1C(N)=O)CCCC2)C(F)(F)F. The summed E-state index contributed by atoms with van der Waals surface area (Å²) in [4.78, 5) is 38.5. The quantitative estimate of drug-likeness (QED) is 0.378. The van der Waals surface area contributed by atoms with Crippen molar-refractivity contribution in [3.8, 4) is 5.75 Å². The topological polar surface area (TPSA) is 120 Å². The van der Waals surface area contributed by atoms with Crippen LogP contribution in [-0.2, 0) is 22.4 Å². The molecule has 0 radical (unpaired) electrons. The lowest BCUT2D eigenvalue weighted by molar-refractivity contribution is -0.204. The first-order chi connectivity index (χ1) is 16.0. The molecule has 2 aromatic rings. The van der Waals surface area contributed by atoms with Crippen LogP contribution >= 0.6 is 11.3 Å². The number of hydrogen-bond donors (Lipinski definition) is 3. The third-order valence-corrected chi connectivity index (χ3v) is 6.59. The standard InChI is InChI=1S/C22H24F3N3O5S/c1-3-33-20(31)21(22(23,24)25,27-18(30)12-8-10-13(32-2)11-9-12)28-19-16(17(26)29)14-6-4-5-7-15(14)34-19/h8-11,28H,3-7H2,1-2H3,(H2,26,29)(H,27,30)/t21-/m0/s1. The highest BCUT2D eigenvalue weighted by Crippen LogP contribution is 2.42. The number of alkyl halides is 3. The van der Waals surface area contributed by atoms with Crippen LogP contribution in [0.2, 0.25) is 0 Å². The zero-order valence-corrected chi connectivity index (χ0v) is 19.3. The number of halogens is 3. The summed E-state index contributed by atoms with van der Waals surface area (Å²) in [6, 6.07) is 5.28. The van der Waals surface area contributed by atoms with E-state index in [1.54, 1.807) is 5.32 Å². The van der Waals surface area contributed by atoms with Crippen LogP contribution in [0.25, 0.3) is 0 Å². The molecule has 1 atom stereocenters. The number of thiophene rings is 1. The number of carbonyl (C=O) groups excluding carboxylic acids is 3. The van der Waals surface area contributed by atoms with E-state index in [2.05, 4.69) is 5.32 Å². The first-order valence-corrected chi connectivity index (χ1v) is 11.3. The molecule has 0 fully saturated rings. The summed E-state index contributed by atoms with van der Waals surface area (Å²) < 4.78 is 53.3. The van der Waals surface area contributed by atoms with Crippen molar-refractivity contribution in [1.82, 2.24) is 5.32 Å². The van der Waals surface area contributed by atoms with Gasteiger partial charge < -0.3 is 25.8 Å². The monoisotopic (exact) mass is 499 g/mol. The minimum Gasteiger partial charge on any atom is -0.497 e. The number of amides is 2. The fourth-order valence-electron chi connectivity index (χ4n) is 3.70. The van der Waals surface area contributed by atoms with Gasteiger partial charge in [-0.15, -0.1) is 11.3 Å². The highest BCUT2D eigenvalue weighted by atomic mass is 32.1. The van der Waals surface area contributed by atoms with E-state index < -0.39 is 29.6 Å². The minimum atomic E-state index is -5.35. The zero-order valence-electron chi connectivity index (χ0n) is 18.5. The number of primary amides is 1. The van der Waals surface area contributed by atoms with Crippen molar-refractivity contribution >= 4 is 34.1 Å². The number of methoxy groups -OCH3 is 1. The van der Waals surface area contributed by atoms with Gasteiger partial charge in [0, 0.05) is 10.4 Å². The van der Waals surface area contributed by atoms with E-state index >= 15 is 0 Å². The summed E-state index contributed by atoms with van der Waals surface area (Å²) in [7, 11) is 1.39. The molecule has 0 bridgehead atoms. The fourth-order valence-corrected chi connectivity index (χ4v) is 5.05. The molecule has 0 spiro atoms. The van der Waals surface area contributed by atoms with Crippen LogP contribution in [0.3, 0.4) is 0 Å². The number of anilines is 1. The maximum Gasteiger partial charge on any atom is 0.441 e. The normalized spacial score (nSPS) is 15.0. The van der Waals surface area contributed by atoms with E-state index in [-0.39, 0.29) is 22.7 Å². The number of nitrogens with two attached hydrogens (primary N) is 1. The first-order valence-electron chi connectivity index (χ1n) is 10.5. The van der Waals surface area contributed by atoms with Crippen LogP contribution in [0.15, 0.2) is 24.3 Å². The number of esters is 1. The number of rotatable bonds is 8. The molecule has 0 unspecified atom stereocenters. The highest BCUT2D eigenvalue weighted by molar-refractivity contribution is 7.16. The van der Waals surface area contributed by atoms with Crippen molar-refractivity contribution < 1.29 is 37.0 Å². The van der Waals surface area contributed by atoms with Crippen LogP contribution < -0.4 is 21.1 Å². The lowest BCUT2D eigenvalue weighted by atomic mass is 9.95. The predicted octanol–water partition coefficient (Wildman–Crippen LogP) is 3.40. The summed E-state index contributed by atoms with van der Waals surface area (Å²) in [5.74, 6) is -3.51. The third-order valence-electron chi connectivity index (χ3n) is 5.38. The molecule has 1 aliphatic rings. The van der Waals surface area contributed by atoms with Crippen LogP contribution in [-0.4, -0.2) is 43.3 Å². The third kappa shape index (κ3) is 4.81. The van der Waals surface area contributed by atoms with Gasteiger partial charge in [0.25, 0.3) is 11.8 Å². The van der Waals surface area contributed by atoms with E-state index in [1.807, 2.05) is 0 Å². The van der Waals surface area contributed by atoms with E-state index in [1.165, 1.54) is 38.3 Å². The van der Waals surface area contributed by atoms with Gasteiger partial charge >= 0.3 is 17.8 Å². The van der Waals surface area contributed by atoms with Crippen LogP contribution in [0.1, 0.15) is 50.9 Å². The average Bonchev–Trinajstić information content (AvgIpc) is 3.16. The maximum absolute atomic E-state index is 14.5. The first kappa shape index (κ1) is 25.3. The molecule has 4 N–H and O–H groups in total. The van der Waals surface area contributed by atoms with Gasteiger partial charge in [-0.1, -0.05) is 0 Å². The molecular weight excluding hydrogens is 475 g/mol. The molecule has 1 aromatic carbocycles. The molecule has 3 rings (SSSR count). The molecule has 184 valence electrons. The Hall–Kier alpha value is -3.28. The Morgan fingerprint density at radius 1 is 1.12 bits per heavy atom. The van der Waals surface area contributed by atoms with Gasteiger partial charge in [0.15, 0.2) is 0 Å². The summed E-state index contributed by atoms with van der Waals surface area (Å²) in [5, 5.41) is 3.63. The fraction of sp³-hybridized carbons (Fsp3) is 0.409. The summed E-state index contributed by atoms with van der Waals surface area (Å²) >= 11 is 0.909. The summed E-state index contributed by atoms with van der Waals surface area (Å²) in [6.45, 7) is 0.962. The Kier molecular flexibility index (Phi) is 7.39. The number of aryl methyl sites for hydroxylation is 1. The van der Waals surface area contributed by atoms with Gasteiger partial charge in [0.1, 0.15) is 10.8 Å². The van der Waals surface area contributed by atoms with Gasteiger partial charge in [-0.05, 0) is 62.4 Å². The number of fused-ring (bicyclic) bond motifs is 1. The van der Waals surface area contributed by atoms with Gasteiger partial charge in [-0.2, -0.15) is 13.2 Å². The molecule has 0 aliphatic heterocycles. The van der Waals surface area contributed by atoms with E-state index in [0.717, 1.165) is 24.2 Å². The lowest BCUT2D eigenvalue weighted by Crippen LogP contribution is -2.69. The molecular formula is C22H24F3N3O5S. The Morgan fingerprint density at radius 3 is 2.32 bits per heavy atom. The molecule has 1 heterocycles. The Bertz CT molecular complexity index is 1080. The smallest absolute Gasteiger partial charge is 0.441 e. The molecule has 1 aliphatic carbocycles. The highest BCUT2D eigenvalue weighted by Gasteiger charge is 2.64. The number of carbonyl (C=O) groups is 3. The van der Waals surface area contributed by atoms with Gasteiger partial charge in [0.2, 0.25) is 0 Å². The molecule has 0 saturated carbocycles. The molecule has 34 heavy (non-hydrogen) atoms. The van der Waals surface area contributed by atoms with Crippen molar-refractivity contribution in [2.75, 3.05) is 19.0 Å². The van der Waals surface area contributed by atoms with Crippen molar-refractivity contribution in [2.24, 2.45) is 5.73 Å². The van der Waals surface area contributed by atoms with Crippen molar-refractivity contribution in [3.05, 3.63) is 45.8 Å². The second kappa shape index (κ2) is 9.92. The van der Waals surface area contributed by atoms with Crippen molar-refractivity contribution in [1.29, 1.82) is 0 Å². The molecule has 1 aromatic heterocycles. The van der Waals surface area contributed by atoms with Gasteiger partial charge in [-0.25, -0.2) is 4.79 Å². The van der Waals surface area contributed by atoms with E-state index in [0.29, 0.717) is 29.0 Å². The van der Waals surface area contributed by atoms with E-state index in [4.69, 9.17) is 15.2 Å². The maximum atomic E-state index is 14.5. The Labute approximate surface area is 197 Å². The second-order valence-corrected chi connectivity index (χ2v) is 8.66. The molecule has 8 nitrogen and oxygen atoms in total. The van der Waals surface area contributed by atoms with Crippen LogP contribution in [0.5, 0.6) is 5.75 Å². The average molecular weight is 500 g/mol. The summed E-state index contributed by atoms with van der Waals surface area (Å²) in [5.41, 5.74) is 2.12. The van der Waals surface area contributed by atoms with Gasteiger partial charge in [0.05, 0.1) is 19.3 Å². The number of nitrogens with one attached hydrogen (secondary N) is 2. The molecule has 2 amide bonds. The molecule has 0 saturated heterocycles. The number of hydrogen-bond acceptors (Lipinski definition) is 7. The lowest BCUT2D eigenvalue weighted by Gasteiger charge is -2.35. The van der Waals surface area contributed by atoms with Crippen LogP contribution in [0.4, 0.5) is 18.2 Å². The van der Waals surface area contributed by atoms with Crippen LogP contribution in [0, 0.1) is 0 Å². The van der Waals surface area contributed by atoms with Gasteiger partial charge in [-0.3, -0.25) is 9.59 Å². The second-order valence-electron chi connectivity index (χ2n) is 7.56. The number of benzene rings is 1. The Morgan fingerprint density at radius 2 is 1.76 bits per heavy atom.